The van der Waals surface area contributed by atoms with E-state index >= 15 is 0 Å². The first-order valence-electron chi connectivity index (χ1n) is 8.52. The molecule has 0 aliphatic carbocycles. The number of nitrogens with zero attached hydrogens (tertiary/aromatic N) is 2. The Bertz CT molecular complexity index is 886. The van der Waals surface area contributed by atoms with Crippen LogP contribution in [0.25, 0.3) is 5.69 Å². The van der Waals surface area contributed by atoms with Crippen LogP contribution in [-0.2, 0) is 6.42 Å². The van der Waals surface area contributed by atoms with Gasteiger partial charge in [0.2, 0.25) is 6.20 Å². The van der Waals surface area contributed by atoms with Crippen LogP contribution in [0.1, 0.15) is 42.9 Å². The van der Waals surface area contributed by atoms with Crippen LogP contribution in [0.5, 0.6) is 5.95 Å². The lowest BCUT2D eigenvalue weighted by molar-refractivity contribution is -0.670. The Kier molecular flexibility index (Phi) is 5.48. The van der Waals surface area contributed by atoms with Crippen LogP contribution in [0.4, 0.5) is 0 Å². The molecule has 0 aliphatic heterocycles. The van der Waals surface area contributed by atoms with Crippen molar-refractivity contribution in [1.82, 2.24) is 5.27 Å². The molecule has 126 valence electrons. The van der Waals surface area contributed by atoms with Crippen LogP contribution in [0, 0.1) is 11.8 Å². The van der Waals surface area contributed by atoms with E-state index in [0.29, 0.717) is 0 Å². The number of benzene rings is 2. The van der Waals surface area contributed by atoms with Crippen molar-refractivity contribution in [3.05, 3.63) is 71.4 Å². The summed E-state index contributed by atoms with van der Waals surface area (Å²) < 4.78 is 6.01. The van der Waals surface area contributed by atoms with Gasteiger partial charge < -0.3 is 9.63 Å². The van der Waals surface area contributed by atoms with Gasteiger partial charge in [0, 0.05) is 11.6 Å². The van der Waals surface area contributed by atoms with Gasteiger partial charge in [0.05, 0.1) is 10.8 Å². The highest BCUT2D eigenvalue weighted by Crippen LogP contribution is 2.10. The lowest BCUT2D eigenvalue weighted by Gasteiger charge is -2.00. The minimum absolute atomic E-state index is 0.485. The molecule has 1 aromatic heterocycles. The van der Waals surface area contributed by atoms with Crippen LogP contribution in [0.3, 0.4) is 0 Å². The fourth-order valence-electron chi connectivity index (χ4n) is 2.60. The third kappa shape index (κ3) is 4.48. The zero-order valence-corrected chi connectivity index (χ0v) is 14.2. The lowest BCUT2D eigenvalue weighted by Crippen LogP contribution is -2.32. The Morgan fingerprint density at radius 3 is 2.56 bits per heavy atom. The van der Waals surface area contributed by atoms with Crippen molar-refractivity contribution < 1.29 is 14.3 Å². The molecule has 4 heteroatoms. The minimum Gasteiger partial charge on any atom is -0.539 e. The first-order valence-corrected chi connectivity index (χ1v) is 8.52. The molecule has 0 spiro atoms. The van der Waals surface area contributed by atoms with Gasteiger partial charge in [0.1, 0.15) is 5.95 Å². The van der Waals surface area contributed by atoms with Crippen LogP contribution in [0.15, 0.2) is 59.3 Å². The summed E-state index contributed by atoms with van der Waals surface area (Å²) in [6.07, 6.45) is 6.14. The van der Waals surface area contributed by atoms with Gasteiger partial charge in [-0.15, -0.1) is 0 Å². The van der Waals surface area contributed by atoms with E-state index in [1.54, 1.807) is 0 Å². The first kappa shape index (κ1) is 16.8. The van der Waals surface area contributed by atoms with Crippen molar-refractivity contribution in [3.63, 3.8) is 0 Å². The van der Waals surface area contributed by atoms with Crippen LogP contribution >= 0.6 is 0 Å². The summed E-state index contributed by atoms with van der Waals surface area (Å²) in [5, 5.41) is 14.9. The molecule has 4 nitrogen and oxygen atoms in total. The number of aryl methyl sites for hydroxylation is 1. The molecule has 3 rings (SSSR count). The smallest absolute Gasteiger partial charge is 0.254 e. The lowest BCUT2D eigenvalue weighted by atomic mass is 10.1. The number of rotatable bonds is 5. The average Bonchev–Trinajstić information content (AvgIpc) is 3.08. The predicted octanol–water partition coefficient (Wildman–Crippen LogP) is 3.16. The van der Waals surface area contributed by atoms with Crippen molar-refractivity contribution in [2.75, 3.05) is 0 Å². The van der Waals surface area contributed by atoms with E-state index in [1.165, 1.54) is 35.7 Å². The van der Waals surface area contributed by atoms with E-state index in [-0.39, 0.29) is 0 Å². The minimum atomic E-state index is -0.485. The Morgan fingerprint density at radius 2 is 1.84 bits per heavy atom. The molecular formula is C21H20N2O2. The second kappa shape index (κ2) is 8.16. The number of unbranched alkanes of at least 4 members (excludes halogenated alkanes) is 2. The molecule has 0 bridgehead atoms. The molecule has 0 N–H and O–H groups in total. The topological polar surface area (TPSA) is 53.0 Å². The zero-order valence-electron chi connectivity index (χ0n) is 14.2. The zero-order chi connectivity index (χ0) is 17.5. The molecule has 1 heterocycles. The first-order chi connectivity index (χ1) is 12.3. The van der Waals surface area contributed by atoms with Gasteiger partial charge in [0.15, 0.2) is 0 Å². The Balaban J connectivity index is 1.78. The average molecular weight is 332 g/mol. The monoisotopic (exact) mass is 332 g/mol. The van der Waals surface area contributed by atoms with Gasteiger partial charge in [-0.05, 0) is 41.3 Å². The molecule has 3 aromatic rings. The van der Waals surface area contributed by atoms with E-state index < -0.39 is 5.95 Å². The van der Waals surface area contributed by atoms with Gasteiger partial charge in [-0.2, -0.15) is 0 Å². The van der Waals surface area contributed by atoms with Crippen molar-refractivity contribution in [2.45, 2.75) is 32.6 Å². The predicted molar refractivity (Wildman–Crippen MR) is 93.1 cm³/mol. The molecule has 0 amide bonds. The highest BCUT2D eigenvalue weighted by atomic mass is 16.6. The molecule has 25 heavy (non-hydrogen) atoms. The van der Waals surface area contributed by atoms with Crippen LogP contribution < -0.4 is 9.79 Å². The second-order valence-electron chi connectivity index (χ2n) is 5.89. The molecule has 0 saturated heterocycles. The maximum atomic E-state index is 11.2. The fraction of sp³-hybridized carbons (Fsp3) is 0.238. The molecule has 0 fully saturated rings. The molecule has 0 saturated carbocycles. The Morgan fingerprint density at radius 1 is 1.04 bits per heavy atom. The molecule has 2 aromatic carbocycles. The molecule has 0 atom stereocenters. The third-order valence-electron chi connectivity index (χ3n) is 3.96. The highest BCUT2D eigenvalue weighted by Gasteiger charge is 2.13. The summed E-state index contributed by atoms with van der Waals surface area (Å²) in [5.41, 5.74) is 3.81. The van der Waals surface area contributed by atoms with Gasteiger partial charge in [0.25, 0.3) is 5.69 Å². The quantitative estimate of drug-likeness (QED) is 0.410. The van der Waals surface area contributed by atoms with Gasteiger partial charge in [-0.1, -0.05) is 55.9 Å². The van der Waals surface area contributed by atoms with Gasteiger partial charge >= 0.3 is 0 Å². The van der Waals surface area contributed by atoms with Gasteiger partial charge in [-0.3, -0.25) is 0 Å². The maximum absolute atomic E-state index is 11.2. The third-order valence-corrected chi connectivity index (χ3v) is 3.96. The number of aromatic nitrogens is 2. The van der Waals surface area contributed by atoms with Crippen molar-refractivity contribution in [1.29, 1.82) is 0 Å². The van der Waals surface area contributed by atoms with Crippen molar-refractivity contribution in [3.8, 4) is 23.5 Å². The number of hydrogen-bond donors (Lipinski definition) is 0. The highest BCUT2D eigenvalue weighted by molar-refractivity contribution is 5.49. The Labute approximate surface area is 147 Å². The van der Waals surface area contributed by atoms with E-state index in [9.17, 15) is 5.11 Å². The summed E-state index contributed by atoms with van der Waals surface area (Å²) >= 11 is 0. The number of para-hydroxylation sites is 1. The van der Waals surface area contributed by atoms with Gasteiger partial charge in [-0.25, -0.2) is 0 Å². The molecular weight excluding hydrogens is 312 g/mol. The summed E-state index contributed by atoms with van der Waals surface area (Å²) in [6, 6.07) is 15.9. The standard InChI is InChI=1S/C21H20N2O2/c1-2-3-4-7-17-10-12-18(13-11-17)14-15-19-8-5-6-9-20(19)23-16-21(24)25-22-23/h5-6,8-13,16H,2-4,7H2,1H3. The van der Waals surface area contributed by atoms with Crippen LogP contribution in [-0.4, -0.2) is 5.27 Å². The van der Waals surface area contributed by atoms with E-state index in [0.717, 1.165) is 23.2 Å². The van der Waals surface area contributed by atoms with E-state index in [1.807, 2.05) is 24.3 Å². The SMILES string of the molecule is CCCCCc1ccc(C#Cc2ccccc2-[n+]2cc([O-])on2)cc1. The molecule has 0 unspecified atom stereocenters. The maximum Gasteiger partial charge on any atom is 0.254 e. The second-order valence-corrected chi connectivity index (χ2v) is 5.89. The fourth-order valence-corrected chi connectivity index (χ4v) is 2.60. The summed E-state index contributed by atoms with van der Waals surface area (Å²) in [4.78, 5) is 0. The van der Waals surface area contributed by atoms with Crippen molar-refractivity contribution in [2.24, 2.45) is 0 Å². The van der Waals surface area contributed by atoms with E-state index in [2.05, 4.69) is 52.8 Å². The summed E-state index contributed by atoms with van der Waals surface area (Å²) in [6.45, 7) is 2.21. The van der Waals surface area contributed by atoms with Crippen molar-refractivity contribution >= 4 is 0 Å². The molecule has 0 radical (unpaired) electrons. The Hall–Kier alpha value is -3.06. The largest absolute Gasteiger partial charge is 0.539 e. The molecule has 0 aliphatic rings. The number of hydrogen-bond acceptors (Lipinski definition) is 3. The summed E-state index contributed by atoms with van der Waals surface area (Å²) in [5.74, 6) is 5.84. The normalized spacial score (nSPS) is 10.3. The van der Waals surface area contributed by atoms with E-state index in [4.69, 9.17) is 0 Å². The summed E-state index contributed by atoms with van der Waals surface area (Å²) in [7, 11) is 0. The van der Waals surface area contributed by atoms with Crippen LogP contribution in [0.2, 0.25) is 0 Å².